The molecule has 0 aromatic carbocycles. The van der Waals surface area contributed by atoms with Crippen molar-refractivity contribution in [3.05, 3.63) is 0 Å². The normalized spacial score (nSPS) is 24.6. The summed E-state index contributed by atoms with van der Waals surface area (Å²) in [6, 6.07) is 0.353. The highest BCUT2D eigenvalue weighted by atomic mass is 32.2. The van der Waals surface area contributed by atoms with Crippen molar-refractivity contribution in [3.8, 4) is 0 Å². The Labute approximate surface area is 73.2 Å². The quantitative estimate of drug-likeness (QED) is 0.648. The molecule has 0 aromatic rings. The van der Waals surface area contributed by atoms with Crippen LogP contribution in [0, 0.1) is 0 Å². The zero-order chi connectivity index (χ0) is 9.03. The van der Waals surface area contributed by atoms with Gasteiger partial charge in [-0.25, -0.2) is 8.42 Å². The summed E-state index contributed by atoms with van der Waals surface area (Å²) in [4.78, 5) is 0. The fourth-order valence-corrected chi connectivity index (χ4v) is 1.63. The fourth-order valence-electron chi connectivity index (χ4n) is 1.14. The molecule has 1 fully saturated rings. The van der Waals surface area contributed by atoms with E-state index in [0.717, 1.165) is 13.0 Å². The minimum Gasteiger partial charge on any atom is -0.380 e. The second-order valence-corrected chi connectivity index (χ2v) is 5.40. The monoisotopic (exact) mass is 193 g/mol. The van der Waals surface area contributed by atoms with Crippen LogP contribution < -0.4 is 5.32 Å². The molecule has 1 rings (SSSR count). The predicted octanol–water partition coefficient (Wildman–Crippen LogP) is -0.590. The Morgan fingerprint density at radius 3 is 2.83 bits per heavy atom. The molecule has 0 saturated carbocycles. The first-order valence-corrected chi connectivity index (χ1v) is 6.13. The van der Waals surface area contributed by atoms with E-state index in [1.807, 2.05) is 0 Å². The molecule has 0 spiro atoms. The van der Waals surface area contributed by atoms with Gasteiger partial charge < -0.3 is 10.1 Å². The van der Waals surface area contributed by atoms with Crippen molar-refractivity contribution in [2.45, 2.75) is 12.5 Å². The Morgan fingerprint density at radius 1 is 1.58 bits per heavy atom. The van der Waals surface area contributed by atoms with Gasteiger partial charge in [0.1, 0.15) is 9.84 Å². The SMILES string of the molecule is CS(=O)(=O)CCNC1CCOC1. The lowest BCUT2D eigenvalue weighted by atomic mass is 10.3. The summed E-state index contributed by atoms with van der Waals surface area (Å²) in [6.07, 6.45) is 2.24. The van der Waals surface area contributed by atoms with Crippen molar-refractivity contribution in [2.75, 3.05) is 31.8 Å². The van der Waals surface area contributed by atoms with Crippen LogP contribution in [0.4, 0.5) is 0 Å². The zero-order valence-corrected chi connectivity index (χ0v) is 8.06. The standard InChI is InChI=1S/C7H15NO3S/c1-12(9,10)5-3-8-7-2-4-11-6-7/h7-8H,2-6H2,1H3. The highest BCUT2D eigenvalue weighted by Gasteiger charge is 2.14. The summed E-state index contributed by atoms with van der Waals surface area (Å²) in [5, 5.41) is 3.13. The van der Waals surface area contributed by atoms with Crippen LogP contribution in [0.1, 0.15) is 6.42 Å². The van der Waals surface area contributed by atoms with Crippen molar-refractivity contribution in [2.24, 2.45) is 0 Å². The molecular formula is C7H15NO3S. The molecule has 0 bridgehead atoms. The first kappa shape index (κ1) is 9.95. The Kier molecular flexibility index (Phi) is 3.49. The van der Waals surface area contributed by atoms with Gasteiger partial charge in [0.2, 0.25) is 0 Å². The van der Waals surface area contributed by atoms with Crippen LogP contribution in [0.2, 0.25) is 0 Å². The molecule has 1 N–H and O–H groups in total. The van der Waals surface area contributed by atoms with Gasteiger partial charge in [-0.15, -0.1) is 0 Å². The van der Waals surface area contributed by atoms with Gasteiger partial charge in [0.15, 0.2) is 0 Å². The maximum atomic E-state index is 10.7. The van der Waals surface area contributed by atoms with E-state index in [1.54, 1.807) is 0 Å². The topological polar surface area (TPSA) is 55.4 Å². The maximum Gasteiger partial charge on any atom is 0.148 e. The van der Waals surface area contributed by atoms with Crippen LogP contribution in [-0.2, 0) is 14.6 Å². The van der Waals surface area contributed by atoms with Crippen molar-refractivity contribution >= 4 is 9.84 Å². The molecule has 0 aliphatic carbocycles. The molecule has 72 valence electrons. The fraction of sp³-hybridized carbons (Fsp3) is 1.00. The summed E-state index contributed by atoms with van der Waals surface area (Å²) in [7, 11) is -2.82. The average molecular weight is 193 g/mol. The number of rotatable bonds is 4. The third-order valence-corrected chi connectivity index (χ3v) is 2.78. The lowest BCUT2D eigenvalue weighted by molar-refractivity contribution is 0.190. The van der Waals surface area contributed by atoms with Crippen LogP contribution in [0.3, 0.4) is 0 Å². The van der Waals surface area contributed by atoms with Crippen molar-refractivity contribution in [1.82, 2.24) is 5.32 Å². The first-order chi connectivity index (χ1) is 5.58. The van der Waals surface area contributed by atoms with E-state index in [0.29, 0.717) is 19.2 Å². The Balaban J connectivity index is 2.09. The molecule has 0 amide bonds. The average Bonchev–Trinajstić information content (AvgIpc) is 2.36. The molecule has 1 aliphatic heterocycles. The van der Waals surface area contributed by atoms with Gasteiger partial charge in [0.05, 0.1) is 12.4 Å². The van der Waals surface area contributed by atoms with Crippen LogP contribution in [0.5, 0.6) is 0 Å². The Bertz CT molecular complexity index is 219. The second kappa shape index (κ2) is 4.20. The van der Waals surface area contributed by atoms with E-state index >= 15 is 0 Å². The molecule has 0 radical (unpaired) electrons. The van der Waals surface area contributed by atoms with E-state index in [2.05, 4.69) is 5.32 Å². The summed E-state index contributed by atoms with van der Waals surface area (Å²) in [5.41, 5.74) is 0. The van der Waals surface area contributed by atoms with Gasteiger partial charge in [-0.05, 0) is 6.42 Å². The smallest absolute Gasteiger partial charge is 0.148 e. The van der Waals surface area contributed by atoms with E-state index in [1.165, 1.54) is 6.26 Å². The minimum absolute atomic E-state index is 0.212. The van der Waals surface area contributed by atoms with Gasteiger partial charge >= 0.3 is 0 Å². The Hall–Kier alpha value is -0.130. The number of hydrogen-bond acceptors (Lipinski definition) is 4. The number of nitrogens with one attached hydrogen (secondary N) is 1. The maximum absolute atomic E-state index is 10.7. The molecule has 5 heteroatoms. The van der Waals surface area contributed by atoms with Crippen LogP contribution in [0.15, 0.2) is 0 Å². The Morgan fingerprint density at radius 2 is 2.33 bits per heavy atom. The number of hydrogen-bond donors (Lipinski definition) is 1. The van der Waals surface area contributed by atoms with E-state index in [-0.39, 0.29) is 5.75 Å². The highest BCUT2D eigenvalue weighted by Crippen LogP contribution is 2.02. The molecule has 1 saturated heterocycles. The van der Waals surface area contributed by atoms with E-state index in [9.17, 15) is 8.42 Å². The molecule has 0 aromatic heterocycles. The molecule has 1 aliphatic rings. The van der Waals surface area contributed by atoms with Gasteiger partial charge in [-0.3, -0.25) is 0 Å². The third-order valence-electron chi connectivity index (χ3n) is 1.84. The molecule has 12 heavy (non-hydrogen) atoms. The minimum atomic E-state index is -2.82. The van der Waals surface area contributed by atoms with Crippen molar-refractivity contribution < 1.29 is 13.2 Å². The van der Waals surface area contributed by atoms with Crippen LogP contribution >= 0.6 is 0 Å². The van der Waals surface area contributed by atoms with Gasteiger partial charge in [0, 0.05) is 25.4 Å². The molecule has 1 atom stereocenters. The van der Waals surface area contributed by atoms with Gasteiger partial charge in [-0.2, -0.15) is 0 Å². The molecular weight excluding hydrogens is 178 g/mol. The lowest BCUT2D eigenvalue weighted by Gasteiger charge is -2.08. The van der Waals surface area contributed by atoms with Gasteiger partial charge in [0.25, 0.3) is 0 Å². The first-order valence-electron chi connectivity index (χ1n) is 4.07. The highest BCUT2D eigenvalue weighted by molar-refractivity contribution is 7.90. The summed E-state index contributed by atoms with van der Waals surface area (Å²) in [6.45, 7) is 2.03. The number of sulfone groups is 1. The summed E-state index contributed by atoms with van der Waals surface area (Å²) >= 11 is 0. The van der Waals surface area contributed by atoms with E-state index in [4.69, 9.17) is 4.74 Å². The predicted molar refractivity (Wildman–Crippen MR) is 46.9 cm³/mol. The molecule has 1 unspecified atom stereocenters. The van der Waals surface area contributed by atoms with Crippen LogP contribution in [0.25, 0.3) is 0 Å². The second-order valence-electron chi connectivity index (χ2n) is 3.14. The lowest BCUT2D eigenvalue weighted by Crippen LogP contribution is -2.33. The molecule has 1 heterocycles. The third kappa shape index (κ3) is 4.04. The summed E-state index contributed by atoms with van der Waals surface area (Å²) in [5.74, 6) is 0.212. The molecule has 4 nitrogen and oxygen atoms in total. The van der Waals surface area contributed by atoms with Crippen molar-refractivity contribution in [3.63, 3.8) is 0 Å². The summed E-state index contributed by atoms with van der Waals surface area (Å²) < 4.78 is 26.6. The number of ether oxygens (including phenoxy) is 1. The van der Waals surface area contributed by atoms with E-state index < -0.39 is 9.84 Å². The van der Waals surface area contributed by atoms with Crippen LogP contribution in [-0.4, -0.2) is 46.2 Å². The zero-order valence-electron chi connectivity index (χ0n) is 7.25. The largest absolute Gasteiger partial charge is 0.380 e. The van der Waals surface area contributed by atoms with Crippen molar-refractivity contribution in [1.29, 1.82) is 0 Å². The van der Waals surface area contributed by atoms with Gasteiger partial charge in [-0.1, -0.05) is 0 Å².